The summed E-state index contributed by atoms with van der Waals surface area (Å²) in [6, 6.07) is 3.89. The first-order chi connectivity index (χ1) is 10.1. The molecule has 0 aromatic heterocycles. The van der Waals surface area contributed by atoms with Crippen molar-refractivity contribution in [3.8, 4) is 11.5 Å². The average Bonchev–Trinajstić information content (AvgIpc) is 2.71. The van der Waals surface area contributed by atoms with Gasteiger partial charge < -0.3 is 14.6 Å². The molecule has 21 heavy (non-hydrogen) atoms. The van der Waals surface area contributed by atoms with Gasteiger partial charge in [0, 0.05) is 10.9 Å². The summed E-state index contributed by atoms with van der Waals surface area (Å²) in [5, 5.41) is 10.8. The molecule has 1 unspecified atom stereocenters. The zero-order valence-electron chi connectivity index (χ0n) is 12.5. The molecule has 0 saturated heterocycles. The van der Waals surface area contributed by atoms with Crippen molar-refractivity contribution < 1.29 is 14.6 Å². The second kappa shape index (κ2) is 6.57. The third-order valence-corrected chi connectivity index (χ3v) is 5.38. The smallest absolute Gasteiger partial charge is 0.162 e. The number of fused-ring (bicyclic) bond motifs is 1. The lowest BCUT2D eigenvalue weighted by Gasteiger charge is -2.30. The van der Waals surface area contributed by atoms with Crippen LogP contribution in [0.4, 0.5) is 0 Å². The van der Waals surface area contributed by atoms with Crippen LogP contribution in [0, 0.1) is 11.8 Å². The monoisotopic (exact) mass is 354 g/mol. The first-order valence-corrected chi connectivity index (χ1v) is 8.71. The Balaban J connectivity index is 1.82. The van der Waals surface area contributed by atoms with E-state index < -0.39 is 6.10 Å². The highest BCUT2D eigenvalue weighted by Gasteiger charge is 2.28. The molecule has 1 aromatic rings. The molecule has 1 heterocycles. The van der Waals surface area contributed by atoms with E-state index in [1.54, 1.807) is 0 Å². The molecule has 3 rings (SSSR count). The van der Waals surface area contributed by atoms with Gasteiger partial charge in [-0.2, -0.15) is 0 Å². The molecule has 1 saturated carbocycles. The summed E-state index contributed by atoms with van der Waals surface area (Å²) in [6.07, 6.45) is 5.09. The highest BCUT2D eigenvalue weighted by Crippen LogP contribution is 2.43. The van der Waals surface area contributed by atoms with E-state index >= 15 is 0 Å². The summed E-state index contributed by atoms with van der Waals surface area (Å²) in [6.45, 7) is 3.65. The van der Waals surface area contributed by atoms with Crippen molar-refractivity contribution in [1.29, 1.82) is 0 Å². The van der Waals surface area contributed by atoms with Crippen LogP contribution in [0.5, 0.6) is 11.5 Å². The lowest BCUT2D eigenvalue weighted by molar-refractivity contribution is 0.0747. The lowest BCUT2D eigenvalue weighted by atomic mass is 9.78. The topological polar surface area (TPSA) is 38.7 Å². The van der Waals surface area contributed by atoms with Gasteiger partial charge in [0.1, 0.15) is 0 Å². The summed E-state index contributed by atoms with van der Waals surface area (Å²) in [5.74, 6) is 2.67. The molecule has 1 aliphatic heterocycles. The van der Waals surface area contributed by atoms with Crippen LogP contribution in [0.2, 0.25) is 0 Å². The Morgan fingerprint density at radius 2 is 1.71 bits per heavy atom. The molecule has 1 fully saturated rings. The first-order valence-electron chi connectivity index (χ1n) is 7.92. The molecule has 1 atom stereocenters. The molecule has 0 radical (unpaired) electrons. The van der Waals surface area contributed by atoms with Crippen molar-refractivity contribution in [2.24, 2.45) is 11.8 Å². The van der Waals surface area contributed by atoms with Crippen molar-refractivity contribution in [2.45, 2.75) is 45.1 Å². The number of halogens is 1. The Morgan fingerprint density at radius 1 is 1.10 bits per heavy atom. The third kappa shape index (κ3) is 3.37. The molecule has 0 spiro atoms. The molecule has 3 nitrogen and oxygen atoms in total. The van der Waals surface area contributed by atoms with E-state index in [4.69, 9.17) is 9.47 Å². The maximum atomic E-state index is 10.8. The van der Waals surface area contributed by atoms with E-state index in [1.165, 1.54) is 12.8 Å². The zero-order chi connectivity index (χ0) is 14.8. The second-order valence-corrected chi connectivity index (χ2v) is 7.19. The number of benzene rings is 1. The van der Waals surface area contributed by atoms with Crippen molar-refractivity contribution in [2.75, 3.05) is 13.2 Å². The first kappa shape index (κ1) is 15.2. The van der Waals surface area contributed by atoms with Crippen LogP contribution < -0.4 is 9.47 Å². The third-order valence-electron chi connectivity index (χ3n) is 4.69. The Kier molecular flexibility index (Phi) is 4.75. The number of hydrogen-bond donors (Lipinski definition) is 1. The lowest BCUT2D eigenvalue weighted by Crippen LogP contribution is -2.19. The fraction of sp³-hybridized carbons (Fsp3) is 0.647. The van der Waals surface area contributed by atoms with Crippen LogP contribution in [0.25, 0.3) is 0 Å². The van der Waals surface area contributed by atoms with Crippen LogP contribution in [-0.2, 0) is 0 Å². The number of aliphatic hydroxyl groups excluding tert-OH is 1. The highest BCUT2D eigenvalue weighted by atomic mass is 79.9. The van der Waals surface area contributed by atoms with E-state index in [0.29, 0.717) is 19.1 Å². The Morgan fingerprint density at radius 3 is 2.38 bits per heavy atom. The summed E-state index contributed by atoms with van der Waals surface area (Å²) >= 11 is 3.58. The van der Waals surface area contributed by atoms with Gasteiger partial charge in [-0.1, -0.05) is 35.7 Å². The van der Waals surface area contributed by atoms with Gasteiger partial charge in [-0.15, -0.1) is 0 Å². The number of aliphatic hydroxyl groups is 1. The van der Waals surface area contributed by atoms with Crippen molar-refractivity contribution >= 4 is 15.9 Å². The van der Waals surface area contributed by atoms with Gasteiger partial charge >= 0.3 is 0 Å². The SMILES string of the molecule is CC1CCC(C(O)c2cc3c(cc2Br)OCCCO3)CC1. The minimum atomic E-state index is -0.427. The van der Waals surface area contributed by atoms with Gasteiger partial charge in [-0.3, -0.25) is 0 Å². The standard InChI is InChI=1S/C17H23BrO3/c1-11-3-5-12(6-4-11)17(19)13-9-15-16(10-14(13)18)21-8-2-7-20-15/h9-12,17,19H,2-8H2,1H3. The normalized spacial score (nSPS) is 27.0. The number of ether oxygens (including phenoxy) is 2. The van der Waals surface area contributed by atoms with Gasteiger partial charge in [0.2, 0.25) is 0 Å². The van der Waals surface area contributed by atoms with Crippen molar-refractivity contribution in [3.05, 3.63) is 22.2 Å². The van der Waals surface area contributed by atoms with Gasteiger partial charge in [-0.05, 0) is 42.4 Å². The molecule has 1 aliphatic carbocycles. The Labute approximate surface area is 134 Å². The van der Waals surface area contributed by atoms with Crippen LogP contribution in [0.3, 0.4) is 0 Å². The Hall–Kier alpha value is -0.740. The van der Waals surface area contributed by atoms with E-state index in [2.05, 4.69) is 22.9 Å². The summed E-state index contributed by atoms with van der Waals surface area (Å²) in [5.41, 5.74) is 0.929. The van der Waals surface area contributed by atoms with Crippen LogP contribution >= 0.6 is 15.9 Å². The maximum absolute atomic E-state index is 10.8. The molecular weight excluding hydrogens is 332 g/mol. The molecule has 116 valence electrons. The van der Waals surface area contributed by atoms with E-state index in [0.717, 1.165) is 46.7 Å². The fourth-order valence-electron chi connectivity index (χ4n) is 3.28. The predicted molar refractivity (Wildman–Crippen MR) is 85.8 cm³/mol. The van der Waals surface area contributed by atoms with Gasteiger partial charge in [0.15, 0.2) is 11.5 Å². The molecule has 1 aromatic carbocycles. The van der Waals surface area contributed by atoms with Gasteiger partial charge in [0.25, 0.3) is 0 Å². The van der Waals surface area contributed by atoms with E-state index in [1.807, 2.05) is 12.1 Å². The molecule has 0 bridgehead atoms. The minimum absolute atomic E-state index is 0.349. The average molecular weight is 355 g/mol. The van der Waals surface area contributed by atoms with Crippen molar-refractivity contribution in [1.82, 2.24) is 0 Å². The predicted octanol–water partition coefficient (Wildman–Crippen LogP) is 4.47. The summed E-state index contributed by atoms with van der Waals surface area (Å²) < 4.78 is 12.3. The summed E-state index contributed by atoms with van der Waals surface area (Å²) in [4.78, 5) is 0. The quantitative estimate of drug-likeness (QED) is 0.851. The van der Waals surface area contributed by atoms with Crippen molar-refractivity contribution in [3.63, 3.8) is 0 Å². The Bertz CT molecular complexity index is 495. The van der Waals surface area contributed by atoms with Crippen LogP contribution in [0.15, 0.2) is 16.6 Å². The largest absolute Gasteiger partial charge is 0.490 e. The van der Waals surface area contributed by atoms with Crippen LogP contribution in [0.1, 0.15) is 50.7 Å². The maximum Gasteiger partial charge on any atom is 0.162 e. The van der Waals surface area contributed by atoms with Crippen LogP contribution in [-0.4, -0.2) is 18.3 Å². The van der Waals surface area contributed by atoms with Gasteiger partial charge in [-0.25, -0.2) is 0 Å². The van der Waals surface area contributed by atoms with E-state index in [-0.39, 0.29) is 0 Å². The van der Waals surface area contributed by atoms with Gasteiger partial charge in [0.05, 0.1) is 19.3 Å². The molecular formula is C17H23BrO3. The molecule has 4 heteroatoms. The second-order valence-electron chi connectivity index (χ2n) is 6.34. The number of rotatable bonds is 2. The molecule has 2 aliphatic rings. The fourth-order valence-corrected chi connectivity index (χ4v) is 3.84. The minimum Gasteiger partial charge on any atom is -0.490 e. The zero-order valence-corrected chi connectivity index (χ0v) is 14.1. The molecule has 0 amide bonds. The number of hydrogen-bond acceptors (Lipinski definition) is 3. The molecule has 1 N–H and O–H groups in total. The van der Waals surface area contributed by atoms with E-state index in [9.17, 15) is 5.11 Å². The highest BCUT2D eigenvalue weighted by molar-refractivity contribution is 9.10. The summed E-state index contributed by atoms with van der Waals surface area (Å²) in [7, 11) is 0.